The molecule has 0 bridgehead atoms. The Balaban J connectivity index is 1.74. The second-order valence-corrected chi connectivity index (χ2v) is 5.16. The molecule has 0 aliphatic rings. The van der Waals surface area contributed by atoms with Crippen molar-refractivity contribution in [1.29, 1.82) is 0 Å². The summed E-state index contributed by atoms with van der Waals surface area (Å²) in [5, 5.41) is 6.99. The molecule has 2 amide bonds. The van der Waals surface area contributed by atoms with Crippen LogP contribution in [0.3, 0.4) is 0 Å². The van der Waals surface area contributed by atoms with Crippen LogP contribution < -0.4 is 10.7 Å². The van der Waals surface area contributed by atoms with Gasteiger partial charge in [0.15, 0.2) is 0 Å². The van der Waals surface area contributed by atoms with Gasteiger partial charge in [0, 0.05) is 17.1 Å². The fraction of sp³-hybridized carbons (Fsp3) is 0.118. The van der Waals surface area contributed by atoms with Gasteiger partial charge in [-0.05, 0) is 11.6 Å². The van der Waals surface area contributed by atoms with E-state index in [0.717, 1.165) is 5.56 Å². The largest absolute Gasteiger partial charge is 0.352 e. The highest BCUT2D eigenvalue weighted by atomic mass is 35.5. The summed E-state index contributed by atoms with van der Waals surface area (Å²) in [4.78, 5) is 23.3. The topological polar surface area (TPSA) is 70.6 Å². The standard InChI is InChI=1S/C17H16ClN3O2/c18-15-9-5-4-8-14(15)12-20-21-17(23)10-16(22)19-11-13-6-2-1-3-7-13/h1-9,12H,10-11H2,(H,19,22)(H,21,23). The lowest BCUT2D eigenvalue weighted by Crippen LogP contribution is -2.29. The molecule has 0 fully saturated rings. The summed E-state index contributed by atoms with van der Waals surface area (Å²) in [5.74, 6) is -0.849. The Labute approximate surface area is 139 Å². The Morgan fingerprint density at radius 2 is 1.70 bits per heavy atom. The molecule has 0 atom stereocenters. The zero-order valence-corrected chi connectivity index (χ0v) is 13.1. The number of nitrogens with one attached hydrogen (secondary N) is 2. The van der Waals surface area contributed by atoms with E-state index in [4.69, 9.17) is 11.6 Å². The molecular weight excluding hydrogens is 314 g/mol. The average molecular weight is 330 g/mol. The Hall–Kier alpha value is -2.66. The van der Waals surface area contributed by atoms with E-state index in [2.05, 4.69) is 15.8 Å². The highest BCUT2D eigenvalue weighted by molar-refractivity contribution is 6.33. The van der Waals surface area contributed by atoms with Gasteiger partial charge in [-0.25, -0.2) is 5.43 Å². The Kier molecular flexibility index (Phi) is 6.32. The predicted octanol–water partition coefficient (Wildman–Crippen LogP) is 2.50. The zero-order chi connectivity index (χ0) is 16.5. The molecule has 2 rings (SSSR count). The second kappa shape index (κ2) is 8.70. The molecular formula is C17H16ClN3O2. The molecule has 0 aliphatic heterocycles. The number of amides is 2. The van der Waals surface area contributed by atoms with Crippen LogP contribution in [0.2, 0.25) is 5.02 Å². The van der Waals surface area contributed by atoms with Crippen molar-refractivity contribution in [1.82, 2.24) is 10.7 Å². The van der Waals surface area contributed by atoms with Gasteiger partial charge < -0.3 is 5.32 Å². The highest BCUT2D eigenvalue weighted by Gasteiger charge is 2.08. The van der Waals surface area contributed by atoms with E-state index in [1.807, 2.05) is 36.4 Å². The minimum Gasteiger partial charge on any atom is -0.352 e. The van der Waals surface area contributed by atoms with Crippen LogP contribution in [0.4, 0.5) is 0 Å². The third kappa shape index (κ3) is 5.92. The van der Waals surface area contributed by atoms with E-state index in [1.165, 1.54) is 6.21 Å². The summed E-state index contributed by atoms with van der Waals surface area (Å²) in [6, 6.07) is 16.6. The van der Waals surface area contributed by atoms with Crippen molar-refractivity contribution < 1.29 is 9.59 Å². The smallest absolute Gasteiger partial charge is 0.249 e. The molecule has 0 aromatic heterocycles. The van der Waals surface area contributed by atoms with E-state index >= 15 is 0 Å². The van der Waals surface area contributed by atoms with Crippen molar-refractivity contribution >= 4 is 29.6 Å². The molecule has 0 heterocycles. The van der Waals surface area contributed by atoms with Gasteiger partial charge in [-0.15, -0.1) is 0 Å². The first-order valence-electron chi connectivity index (χ1n) is 7.02. The van der Waals surface area contributed by atoms with Gasteiger partial charge >= 0.3 is 0 Å². The Morgan fingerprint density at radius 3 is 2.43 bits per heavy atom. The van der Waals surface area contributed by atoms with Gasteiger partial charge in [-0.1, -0.05) is 60.1 Å². The maximum Gasteiger partial charge on any atom is 0.249 e. The third-order valence-electron chi connectivity index (χ3n) is 2.95. The predicted molar refractivity (Wildman–Crippen MR) is 90.1 cm³/mol. The van der Waals surface area contributed by atoms with Crippen LogP contribution in [0.15, 0.2) is 59.7 Å². The molecule has 2 aromatic rings. The summed E-state index contributed by atoms with van der Waals surface area (Å²) in [6.45, 7) is 0.385. The summed E-state index contributed by atoms with van der Waals surface area (Å²) in [7, 11) is 0. The van der Waals surface area contributed by atoms with Crippen molar-refractivity contribution in [3.63, 3.8) is 0 Å². The molecule has 2 aromatic carbocycles. The first-order chi connectivity index (χ1) is 11.1. The molecule has 0 aliphatic carbocycles. The van der Waals surface area contributed by atoms with E-state index in [1.54, 1.807) is 18.2 Å². The van der Waals surface area contributed by atoms with Crippen molar-refractivity contribution in [2.75, 3.05) is 0 Å². The number of carbonyl (C=O) groups is 2. The molecule has 6 heteroatoms. The molecule has 0 radical (unpaired) electrons. The molecule has 0 saturated heterocycles. The van der Waals surface area contributed by atoms with Crippen molar-refractivity contribution in [3.05, 3.63) is 70.7 Å². The van der Waals surface area contributed by atoms with E-state index in [9.17, 15) is 9.59 Å². The maximum atomic E-state index is 11.7. The summed E-state index contributed by atoms with van der Waals surface area (Å²) in [6.07, 6.45) is 1.15. The first-order valence-corrected chi connectivity index (χ1v) is 7.40. The fourth-order valence-electron chi connectivity index (χ4n) is 1.80. The van der Waals surface area contributed by atoms with E-state index in [0.29, 0.717) is 17.1 Å². The van der Waals surface area contributed by atoms with Crippen LogP contribution in [0.5, 0.6) is 0 Å². The quantitative estimate of drug-likeness (QED) is 0.485. The third-order valence-corrected chi connectivity index (χ3v) is 3.30. The normalized spacial score (nSPS) is 10.5. The first kappa shape index (κ1) is 16.7. The fourth-order valence-corrected chi connectivity index (χ4v) is 1.98. The number of hydrogen-bond acceptors (Lipinski definition) is 3. The molecule has 0 unspecified atom stereocenters. The van der Waals surface area contributed by atoms with Crippen molar-refractivity contribution in [2.45, 2.75) is 13.0 Å². The highest BCUT2D eigenvalue weighted by Crippen LogP contribution is 2.11. The average Bonchev–Trinajstić information content (AvgIpc) is 2.56. The van der Waals surface area contributed by atoms with Crippen LogP contribution in [-0.2, 0) is 16.1 Å². The molecule has 5 nitrogen and oxygen atoms in total. The van der Waals surface area contributed by atoms with Crippen LogP contribution in [0, 0.1) is 0 Å². The van der Waals surface area contributed by atoms with Gasteiger partial charge in [0.1, 0.15) is 6.42 Å². The molecule has 0 saturated carbocycles. The Bertz CT molecular complexity index is 702. The van der Waals surface area contributed by atoms with Crippen LogP contribution in [-0.4, -0.2) is 18.0 Å². The maximum absolute atomic E-state index is 11.7. The van der Waals surface area contributed by atoms with Crippen molar-refractivity contribution in [3.8, 4) is 0 Å². The van der Waals surface area contributed by atoms with Crippen molar-refractivity contribution in [2.24, 2.45) is 5.10 Å². The number of halogens is 1. The SMILES string of the molecule is O=C(CC(=O)NN=Cc1ccccc1Cl)NCc1ccccc1. The van der Waals surface area contributed by atoms with Crippen LogP contribution >= 0.6 is 11.6 Å². The number of rotatable bonds is 6. The van der Waals surface area contributed by atoms with Gasteiger partial charge in [0.05, 0.1) is 6.21 Å². The van der Waals surface area contributed by atoms with E-state index < -0.39 is 5.91 Å². The molecule has 118 valence electrons. The van der Waals surface area contributed by atoms with Crippen LogP contribution in [0.25, 0.3) is 0 Å². The minimum atomic E-state index is -0.487. The van der Waals surface area contributed by atoms with Gasteiger partial charge in [0.25, 0.3) is 0 Å². The van der Waals surface area contributed by atoms with Gasteiger partial charge in [-0.3, -0.25) is 9.59 Å². The van der Waals surface area contributed by atoms with E-state index in [-0.39, 0.29) is 12.3 Å². The zero-order valence-electron chi connectivity index (χ0n) is 12.3. The van der Waals surface area contributed by atoms with Crippen LogP contribution in [0.1, 0.15) is 17.5 Å². The second-order valence-electron chi connectivity index (χ2n) is 4.75. The lowest BCUT2D eigenvalue weighted by molar-refractivity contribution is -0.129. The van der Waals surface area contributed by atoms with Gasteiger partial charge in [0.2, 0.25) is 11.8 Å². The summed E-state index contributed by atoms with van der Waals surface area (Å²) in [5.41, 5.74) is 3.95. The lowest BCUT2D eigenvalue weighted by atomic mass is 10.2. The van der Waals surface area contributed by atoms with Gasteiger partial charge in [-0.2, -0.15) is 5.10 Å². The number of benzene rings is 2. The summed E-state index contributed by atoms with van der Waals surface area (Å²) < 4.78 is 0. The molecule has 23 heavy (non-hydrogen) atoms. The summed E-state index contributed by atoms with van der Waals surface area (Å²) >= 11 is 5.96. The minimum absolute atomic E-state index is 0.285. The number of carbonyl (C=O) groups excluding carboxylic acids is 2. The Morgan fingerprint density at radius 1 is 1.00 bits per heavy atom. The number of hydrazone groups is 1. The monoisotopic (exact) mass is 329 g/mol. The number of hydrogen-bond donors (Lipinski definition) is 2. The molecule has 2 N–H and O–H groups in total. The lowest BCUT2D eigenvalue weighted by Gasteiger charge is -2.04. The molecule has 0 spiro atoms. The number of nitrogens with zero attached hydrogens (tertiary/aromatic N) is 1.